The summed E-state index contributed by atoms with van der Waals surface area (Å²) in [6, 6.07) is 19.4. The number of aromatic nitrogens is 2. The number of hydrogen-bond donors (Lipinski definition) is 2. The van der Waals surface area contributed by atoms with Crippen molar-refractivity contribution < 1.29 is 22.7 Å². The summed E-state index contributed by atoms with van der Waals surface area (Å²) in [6.07, 6.45) is 3.06. The molecule has 35 heavy (non-hydrogen) atoms. The first-order valence-corrected chi connectivity index (χ1v) is 12.1. The lowest BCUT2D eigenvalue weighted by Gasteiger charge is -2.12. The Morgan fingerprint density at radius 3 is 2.37 bits per heavy atom. The second-order valence-corrected chi connectivity index (χ2v) is 9.20. The van der Waals surface area contributed by atoms with Gasteiger partial charge in [0.2, 0.25) is 10.0 Å². The zero-order valence-corrected chi connectivity index (χ0v) is 20.0. The van der Waals surface area contributed by atoms with E-state index in [1.54, 1.807) is 37.2 Å². The van der Waals surface area contributed by atoms with Crippen LogP contribution in [0.4, 0.5) is 0 Å². The van der Waals surface area contributed by atoms with Gasteiger partial charge < -0.3 is 14.8 Å². The van der Waals surface area contributed by atoms with Crippen molar-refractivity contribution in [3.05, 3.63) is 90.5 Å². The second kappa shape index (κ2) is 10.00. The number of amides is 1. The number of rotatable bonds is 8. The third kappa shape index (κ3) is 5.34. The highest BCUT2D eigenvalue weighted by atomic mass is 32.2. The fourth-order valence-electron chi connectivity index (χ4n) is 3.59. The van der Waals surface area contributed by atoms with E-state index in [0.29, 0.717) is 17.2 Å². The number of hydrogen-bond acceptors (Lipinski definition) is 6. The van der Waals surface area contributed by atoms with E-state index in [9.17, 15) is 13.2 Å². The van der Waals surface area contributed by atoms with Crippen LogP contribution < -0.4 is 19.9 Å². The Kier molecular flexibility index (Phi) is 6.85. The quantitative estimate of drug-likeness (QED) is 0.389. The number of ether oxygens (including phenoxy) is 2. The minimum Gasteiger partial charge on any atom is -0.493 e. The Labute approximate surface area is 203 Å². The lowest BCUT2D eigenvalue weighted by Crippen LogP contribution is -2.25. The molecule has 0 aliphatic rings. The third-order valence-corrected chi connectivity index (χ3v) is 6.35. The largest absolute Gasteiger partial charge is 0.493 e. The molecule has 0 spiro atoms. The van der Waals surface area contributed by atoms with Crippen molar-refractivity contribution in [3.63, 3.8) is 0 Å². The Balaban J connectivity index is 1.54. The van der Waals surface area contributed by atoms with Gasteiger partial charge in [-0.25, -0.2) is 18.5 Å². The van der Waals surface area contributed by atoms with E-state index in [-0.39, 0.29) is 17.3 Å². The molecule has 3 aromatic carbocycles. The van der Waals surface area contributed by atoms with Crippen LogP contribution in [0.3, 0.4) is 0 Å². The first-order chi connectivity index (χ1) is 16.8. The first-order valence-electron chi connectivity index (χ1n) is 10.6. The lowest BCUT2D eigenvalue weighted by molar-refractivity contribution is 0.0944. The zero-order chi connectivity index (χ0) is 25.0. The molecule has 1 aromatic heterocycles. The van der Waals surface area contributed by atoms with E-state index in [1.165, 1.54) is 18.3 Å². The van der Waals surface area contributed by atoms with Gasteiger partial charge in [-0.05, 0) is 53.1 Å². The number of nitrogens with zero attached hydrogens (tertiary/aromatic N) is 2. The standard InChI is InChI=1S/C25H24N4O5S/c1-33-23-11-8-19(13-24(23)34-2)18-4-3-5-20(12-18)29-16-27-15-22(29)25(30)28-14-17-6-9-21(10-7-17)35(26,31)32/h3-13,15-16H,14H2,1-2H3,(H,28,30)(H2,26,31,32). The maximum absolute atomic E-state index is 12.9. The van der Waals surface area contributed by atoms with Gasteiger partial charge in [0.05, 0.1) is 31.6 Å². The molecule has 10 heteroatoms. The van der Waals surface area contributed by atoms with Crippen LogP contribution in [-0.2, 0) is 16.6 Å². The number of primary sulfonamides is 1. The number of nitrogens with two attached hydrogens (primary N) is 1. The minimum atomic E-state index is -3.77. The molecule has 0 fully saturated rings. The Bertz CT molecular complexity index is 1460. The lowest BCUT2D eigenvalue weighted by atomic mass is 10.0. The highest BCUT2D eigenvalue weighted by Crippen LogP contribution is 2.33. The van der Waals surface area contributed by atoms with Crippen molar-refractivity contribution in [2.75, 3.05) is 14.2 Å². The molecule has 1 heterocycles. The molecule has 0 radical (unpaired) electrons. The predicted molar refractivity (Wildman–Crippen MR) is 131 cm³/mol. The molecule has 0 atom stereocenters. The molecule has 0 bridgehead atoms. The molecular formula is C25H24N4O5S. The summed E-state index contributed by atoms with van der Waals surface area (Å²) in [7, 11) is -0.593. The zero-order valence-electron chi connectivity index (χ0n) is 19.1. The van der Waals surface area contributed by atoms with Crippen molar-refractivity contribution in [2.45, 2.75) is 11.4 Å². The number of benzene rings is 3. The van der Waals surface area contributed by atoms with E-state index in [0.717, 1.165) is 22.4 Å². The Morgan fingerprint density at radius 1 is 0.971 bits per heavy atom. The van der Waals surface area contributed by atoms with Gasteiger partial charge in [0.1, 0.15) is 5.69 Å². The van der Waals surface area contributed by atoms with E-state index < -0.39 is 10.0 Å². The van der Waals surface area contributed by atoms with Crippen LogP contribution in [0.5, 0.6) is 11.5 Å². The number of sulfonamides is 1. The van der Waals surface area contributed by atoms with Crippen LogP contribution in [0.1, 0.15) is 16.1 Å². The molecule has 0 aliphatic carbocycles. The number of nitrogens with one attached hydrogen (secondary N) is 1. The molecule has 0 saturated carbocycles. The molecule has 0 unspecified atom stereocenters. The van der Waals surface area contributed by atoms with Crippen molar-refractivity contribution >= 4 is 15.9 Å². The highest BCUT2D eigenvalue weighted by molar-refractivity contribution is 7.89. The van der Waals surface area contributed by atoms with Gasteiger partial charge in [-0.1, -0.05) is 30.3 Å². The summed E-state index contributed by atoms with van der Waals surface area (Å²) in [4.78, 5) is 17.1. The van der Waals surface area contributed by atoms with E-state index in [1.807, 2.05) is 42.5 Å². The summed E-state index contributed by atoms with van der Waals surface area (Å²) >= 11 is 0. The average molecular weight is 493 g/mol. The molecule has 180 valence electrons. The minimum absolute atomic E-state index is 0.0139. The van der Waals surface area contributed by atoms with Gasteiger partial charge in [-0.2, -0.15) is 0 Å². The third-order valence-electron chi connectivity index (χ3n) is 5.42. The Hall–Kier alpha value is -4.15. The molecule has 1 amide bonds. The number of carbonyl (C=O) groups is 1. The number of methoxy groups -OCH3 is 2. The summed E-state index contributed by atoms with van der Waals surface area (Å²) < 4.78 is 35.2. The van der Waals surface area contributed by atoms with Crippen molar-refractivity contribution in [3.8, 4) is 28.3 Å². The van der Waals surface area contributed by atoms with E-state index in [4.69, 9.17) is 14.6 Å². The Morgan fingerprint density at radius 2 is 1.69 bits per heavy atom. The summed E-state index contributed by atoms with van der Waals surface area (Å²) in [6.45, 7) is 0.209. The molecule has 0 saturated heterocycles. The fraction of sp³-hybridized carbons (Fsp3) is 0.120. The first kappa shape index (κ1) is 24.0. The SMILES string of the molecule is COc1ccc(-c2cccc(-n3cncc3C(=O)NCc3ccc(S(N)(=O)=O)cc3)c2)cc1OC. The van der Waals surface area contributed by atoms with Gasteiger partial charge in [-0.15, -0.1) is 0 Å². The van der Waals surface area contributed by atoms with Crippen LogP contribution in [-0.4, -0.2) is 38.1 Å². The maximum atomic E-state index is 12.9. The monoisotopic (exact) mass is 492 g/mol. The van der Waals surface area contributed by atoms with Crippen molar-refractivity contribution in [1.29, 1.82) is 0 Å². The van der Waals surface area contributed by atoms with Gasteiger partial charge in [0, 0.05) is 12.2 Å². The number of imidazole rings is 1. The van der Waals surface area contributed by atoms with Gasteiger partial charge in [0.15, 0.2) is 11.5 Å². The summed E-state index contributed by atoms with van der Waals surface area (Å²) in [5.41, 5.74) is 3.71. The normalized spacial score (nSPS) is 11.2. The average Bonchev–Trinajstić information content (AvgIpc) is 3.37. The molecule has 4 aromatic rings. The van der Waals surface area contributed by atoms with Crippen LogP contribution in [0.2, 0.25) is 0 Å². The predicted octanol–water partition coefficient (Wildman–Crippen LogP) is 3.13. The highest BCUT2D eigenvalue weighted by Gasteiger charge is 2.14. The second-order valence-electron chi connectivity index (χ2n) is 7.64. The molecule has 3 N–H and O–H groups in total. The van der Waals surface area contributed by atoms with E-state index in [2.05, 4.69) is 10.3 Å². The van der Waals surface area contributed by atoms with Gasteiger partial charge in [-0.3, -0.25) is 9.36 Å². The summed E-state index contributed by atoms with van der Waals surface area (Å²) in [5.74, 6) is 0.935. The van der Waals surface area contributed by atoms with Gasteiger partial charge in [0.25, 0.3) is 5.91 Å². The maximum Gasteiger partial charge on any atom is 0.270 e. The molecule has 4 rings (SSSR count). The molecule has 9 nitrogen and oxygen atoms in total. The number of carbonyl (C=O) groups excluding carboxylic acids is 1. The van der Waals surface area contributed by atoms with Crippen LogP contribution in [0.15, 0.2) is 84.1 Å². The van der Waals surface area contributed by atoms with Crippen LogP contribution in [0.25, 0.3) is 16.8 Å². The van der Waals surface area contributed by atoms with E-state index >= 15 is 0 Å². The van der Waals surface area contributed by atoms with Crippen molar-refractivity contribution in [2.24, 2.45) is 5.14 Å². The molecule has 0 aliphatic heterocycles. The van der Waals surface area contributed by atoms with Crippen LogP contribution in [0, 0.1) is 0 Å². The fourth-order valence-corrected chi connectivity index (χ4v) is 4.11. The van der Waals surface area contributed by atoms with Crippen LogP contribution >= 0.6 is 0 Å². The smallest absolute Gasteiger partial charge is 0.270 e. The van der Waals surface area contributed by atoms with Crippen molar-refractivity contribution in [1.82, 2.24) is 14.9 Å². The topological polar surface area (TPSA) is 126 Å². The summed E-state index contributed by atoms with van der Waals surface area (Å²) in [5, 5.41) is 7.95. The van der Waals surface area contributed by atoms with Gasteiger partial charge >= 0.3 is 0 Å². The molecular weight excluding hydrogens is 468 g/mol.